The molecule has 2 unspecified atom stereocenters. The average molecular weight is 297 g/mol. The smallest absolute Gasteiger partial charge is 0.236 e. The van der Waals surface area contributed by atoms with Gasteiger partial charge in [0.05, 0.1) is 0 Å². The number of carbonyl (C=O) groups is 1. The molecule has 0 spiro atoms. The normalized spacial score (nSPS) is 29.9. The number of carbonyl (C=O) groups excluding carboxylic acids is 1. The molecule has 1 amide bonds. The van der Waals surface area contributed by atoms with Crippen LogP contribution in [0.25, 0.3) is 0 Å². The van der Waals surface area contributed by atoms with E-state index in [1.165, 1.54) is 6.42 Å². The maximum absolute atomic E-state index is 13.0. The SMILES string of the molecule is CC1CCCC(N(C)C(=O)C2(C(N)=NO)CCOCC2)C1. The molecule has 1 aliphatic heterocycles. The number of ether oxygens (including phenoxy) is 1. The standard InChI is InChI=1S/C15H27N3O3/c1-11-4-3-5-12(10-11)18(2)14(19)15(13(16)17-20)6-8-21-9-7-15/h11-12,20H,3-10H2,1-2H3,(H2,16,17). The van der Waals surface area contributed by atoms with Crippen molar-refractivity contribution in [2.75, 3.05) is 20.3 Å². The van der Waals surface area contributed by atoms with Gasteiger partial charge in [0, 0.05) is 26.3 Å². The summed E-state index contributed by atoms with van der Waals surface area (Å²) in [6.07, 6.45) is 5.42. The lowest BCUT2D eigenvalue weighted by molar-refractivity contribution is -0.144. The molecule has 2 rings (SSSR count). The lowest BCUT2D eigenvalue weighted by Crippen LogP contribution is -2.55. The fourth-order valence-electron chi connectivity index (χ4n) is 3.65. The number of nitrogens with zero attached hydrogens (tertiary/aromatic N) is 2. The first-order valence-corrected chi connectivity index (χ1v) is 7.84. The molecule has 1 aliphatic carbocycles. The van der Waals surface area contributed by atoms with Crippen LogP contribution in [-0.2, 0) is 9.53 Å². The number of rotatable bonds is 3. The second kappa shape index (κ2) is 6.64. The molecule has 0 radical (unpaired) electrons. The minimum Gasteiger partial charge on any atom is -0.409 e. The summed E-state index contributed by atoms with van der Waals surface area (Å²) in [7, 11) is 1.85. The quantitative estimate of drug-likeness (QED) is 0.358. The van der Waals surface area contributed by atoms with Crippen molar-refractivity contribution in [3.8, 4) is 0 Å². The van der Waals surface area contributed by atoms with Gasteiger partial charge >= 0.3 is 0 Å². The first-order chi connectivity index (χ1) is 10.0. The predicted molar refractivity (Wildman–Crippen MR) is 80.1 cm³/mol. The number of amides is 1. The molecule has 0 aromatic carbocycles. The number of amidine groups is 1. The molecule has 3 N–H and O–H groups in total. The van der Waals surface area contributed by atoms with E-state index in [1.54, 1.807) is 0 Å². The highest BCUT2D eigenvalue weighted by atomic mass is 16.5. The van der Waals surface area contributed by atoms with E-state index in [0.717, 1.165) is 19.3 Å². The zero-order chi connectivity index (χ0) is 15.5. The molecule has 120 valence electrons. The number of nitrogens with two attached hydrogens (primary N) is 1. The van der Waals surface area contributed by atoms with Gasteiger partial charge in [0.25, 0.3) is 0 Å². The Labute approximate surface area is 126 Å². The summed E-state index contributed by atoms with van der Waals surface area (Å²) in [6.45, 7) is 3.17. The van der Waals surface area contributed by atoms with E-state index in [2.05, 4.69) is 12.1 Å². The minimum absolute atomic E-state index is 0.0199. The van der Waals surface area contributed by atoms with E-state index in [0.29, 0.717) is 32.0 Å². The Morgan fingerprint density at radius 2 is 2.05 bits per heavy atom. The van der Waals surface area contributed by atoms with Crippen LogP contribution in [0.4, 0.5) is 0 Å². The Hall–Kier alpha value is -1.30. The largest absolute Gasteiger partial charge is 0.409 e. The number of oxime groups is 1. The fraction of sp³-hybridized carbons (Fsp3) is 0.867. The van der Waals surface area contributed by atoms with Gasteiger partial charge in [-0.05, 0) is 31.6 Å². The van der Waals surface area contributed by atoms with Gasteiger partial charge in [0.1, 0.15) is 5.41 Å². The maximum Gasteiger partial charge on any atom is 0.236 e. The topological polar surface area (TPSA) is 88.2 Å². The van der Waals surface area contributed by atoms with Crippen LogP contribution in [0.3, 0.4) is 0 Å². The van der Waals surface area contributed by atoms with Crippen LogP contribution in [0.15, 0.2) is 5.16 Å². The molecular weight excluding hydrogens is 270 g/mol. The Morgan fingerprint density at radius 1 is 1.38 bits per heavy atom. The molecule has 21 heavy (non-hydrogen) atoms. The molecule has 0 aromatic rings. The van der Waals surface area contributed by atoms with Gasteiger partial charge in [0.15, 0.2) is 5.84 Å². The Kier molecular flexibility index (Phi) is 5.08. The van der Waals surface area contributed by atoms with Crippen molar-refractivity contribution in [2.45, 2.75) is 51.5 Å². The van der Waals surface area contributed by atoms with Crippen molar-refractivity contribution in [3.05, 3.63) is 0 Å². The van der Waals surface area contributed by atoms with Crippen LogP contribution < -0.4 is 5.73 Å². The summed E-state index contributed by atoms with van der Waals surface area (Å²) in [5, 5.41) is 12.2. The summed E-state index contributed by atoms with van der Waals surface area (Å²) in [5.74, 6) is 0.639. The van der Waals surface area contributed by atoms with Gasteiger partial charge in [-0.3, -0.25) is 4.79 Å². The van der Waals surface area contributed by atoms with E-state index in [1.807, 2.05) is 11.9 Å². The Bertz CT molecular complexity index is 405. The molecule has 2 fully saturated rings. The second-order valence-corrected chi connectivity index (χ2v) is 6.52. The van der Waals surface area contributed by atoms with E-state index in [4.69, 9.17) is 15.7 Å². The van der Waals surface area contributed by atoms with Crippen molar-refractivity contribution in [1.29, 1.82) is 0 Å². The lowest BCUT2D eigenvalue weighted by Gasteiger charge is -2.41. The molecule has 6 heteroatoms. The first kappa shape index (κ1) is 16.1. The zero-order valence-corrected chi connectivity index (χ0v) is 13.0. The molecule has 6 nitrogen and oxygen atoms in total. The highest BCUT2D eigenvalue weighted by molar-refractivity contribution is 6.06. The Balaban J connectivity index is 2.17. The van der Waals surface area contributed by atoms with Crippen LogP contribution in [-0.4, -0.2) is 48.2 Å². The minimum atomic E-state index is -0.900. The molecule has 0 bridgehead atoms. The molecule has 1 saturated carbocycles. The zero-order valence-electron chi connectivity index (χ0n) is 13.0. The summed E-state index contributed by atoms with van der Waals surface area (Å²) in [4.78, 5) is 14.9. The van der Waals surface area contributed by atoms with Crippen LogP contribution >= 0.6 is 0 Å². The van der Waals surface area contributed by atoms with Gasteiger partial charge in [-0.15, -0.1) is 0 Å². The molecule has 2 atom stereocenters. The van der Waals surface area contributed by atoms with Gasteiger partial charge in [-0.2, -0.15) is 0 Å². The molecule has 2 aliphatic rings. The summed E-state index contributed by atoms with van der Waals surface area (Å²) in [6, 6.07) is 0.257. The molecular formula is C15H27N3O3. The molecule has 1 heterocycles. The monoisotopic (exact) mass is 297 g/mol. The van der Waals surface area contributed by atoms with Crippen LogP contribution in [0.5, 0.6) is 0 Å². The third kappa shape index (κ3) is 3.15. The number of hydrogen-bond acceptors (Lipinski definition) is 4. The van der Waals surface area contributed by atoms with Gasteiger partial charge < -0.3 is 20.6 Å². The maximum atomic E-state index is 13.0. The van der Waals surface area contributed by atoms with Crippen molar-refractivity contribution >= 4 is 11.7 Å². The third-order valence-electron chi connectivity index (χ3n) is 5.13. The van der Waals surface area contributed by atoms with E-state index in [-0.39, 0.29) is 17.8 Å². The first-order valence-electron chi connectivity index (χ1n) is 7.84. The number of hydrogen-bond donors (Lipinski definition) is 2. The highest BCUT2D eigenvalue weighted by Crippen LogP contribution is 2.35. The van der Waals surface area contributed by atoms with Crippen LogP contribution in [0.1, 0.15) is 45.4 Å². The second-order valence-electron chi connectivity index (χ2n) is 6.52. The highest BCUT2D eigenvalue weighted by Gasteiger charge is 2.47. The van der Waals surface area contributed by atoms with Crippen molar-refractivity contribution in [1.82, 2.24) is 4.90 Å². The summed E-state index contributed by atoms with van der Waals surface area (Å²) >= 11 is 0. The van der Waals surface area contributed by atoms with Crippen molar-refractivity contribution in [2.24, 2.45) is 22.2 Å². The van der Waals surface area contributed by atoms with Crippen LogP contribution in [0, 0.1) is 11.3 Å². The fourth-order valence-corrected chi connectivity index (χ4v) is 3.65. The van der Waals surface area contributed by atoms with Gasteiger partial charge in [0.2, 0.25) is 5.91 Å². The summed E-state index contributed by atoms with van der Waals surface area (Å²) in [5.41, 5.74) is 4.97. The van der Waals surface area contributed by atoms with Gasteiger partial charge in [-0.1, -0.05) is 24.9 Å². The lowest BCUT2D eigenvalue weighted by atomic mass is 9.76. The predicted octanol–water partition coefficient (Wildman–Crippen LogP) is 1.57. The Morgan fingerprint density at radius 3 is 2.62 bits per heavy atom. The molecule has 1 saturated heterocycles. The van der Waals surface area contributed by atoms with Crippen molar-refractivity contribution in [3.63, 3.8) is 0 Å². The van der Waals surface area contributed by atoms with E-state index < -0.39 is 5.41 Å². The summed E-state index contributed by atoms with van der Waals surface area (Å²) < 4.78 is 5.35. The van der Waals surface area contributed by atoms with Gasteiger partial charge in [-0.25, -0.2) is 0 Å². The average Bonchev–Trinajstić information content (AvgIpc) is 2.53. The van der Waals surface area contributed by atoms with E-state index >= 15 is 0 Å². The third-order valence-corrected chi connectivity index (χ3v) is 5.13. The van der Waals surface area contributed by atoms with E-state index in [9.17, 15) is 4.79 Å². The molecule has 0 aromatic heterocycles. The van der Waals surface area contributed by atoms with Crippen molar-refractivity contribution < 1.29 is 14.7 Å². The van der Waals surface area contributed by atoms with Crippen LogP contribution in [0.2, 0.25) is 0 Å².